The minimum absolute atomic E-state index is 0.0736. The molecule has 76 heavy (non-hydrogen) atoms. The number of esters is 1. The number of fused-ring (bicyclic) bond motifs is 7. The van der Waals surface area contributed by atoms with Gasteiger partial charge in [-0.2, -0.15) is 0 Å². The van der Waals surface area contributed by atoms with Crippen LogP contribution in [0.2, 0.25) is 0 Å². The number of hydrogen-bond donors (Lipinski definition) is 13. The summed E-state index contributed by atoms with van der Waals surface area (Å²) in [5.74, 6) is -0.436. The van der Waals surface area contributed by atoms with Crippen molar-refractivity contribution in [2.45, 2.75) is 249 Å². The van der Waals surface area contributed by atoms with Gasteiger partial charge in [0.05, 0.1) is 37.4 Å². The van der Waals surface area contributed by atoms with E-state index in [0.717, 1.165) is 38.5 Å². The number of carbonyl (C=O) groups excluding carboxylic acids is 1. The van der Waals surface area contributed by atoms with E-state index in [9.17, 15) is 71.2 Å². The predicted molar refractivity (Wildman–Crippen MR) is 261 cm³/mol. The van der Waals surface area contributed by atoms with Crippen LogP contribution in [0.15, 0.2) is 11.6 Å². The number of allylic oxidation sites excluding steroid dienone is 2. The molecule has 0 spiro atoms. The second-order valence-corrected chi connectivity index (χ2v) is 26.3. The summed E-state index contributed by atoms with van der Waals surface area (Å²) in [5, 5.41) is 139. The maximum Gasteiger partial charge on any atom is 0.315 e. The third-order valence-corrected chi connectivity index (χ3v) is 21.4. The third kappa shape index (κ3) is 9.47. The molecule has 436 valence electrons. The summed E-state index contributed by atoms with van der Waals surface area (Å²) in [5.41, 5.74) is -1.14. The molecule has 4 heterocycles. The van der Waals surface area contributed by atoms with E-state index in [4.69, 9.17) is 37.9 Å². The number of hydrogen-bond acceptors (Lipinski definition) is 22. The Morgan fingerprint density at radius 2 is 1.08 bits per heavy atom. The molecule has 4 saturated heterocycles. The van der Waals surface area contributed by atoms with Crippen LogP contribution < -0.4 is 0 Å². The standard InChI is InChI=1S/C54H88O22/c1-23-32(58)36(62)39(65)44(69-23)75-43-42(74-45-40(66)37(63)33(59)26(20-55)70-45)35(61)28(22-57)72-47(43)73-31-12-13-51(6)29(50(31,4)5)11-14-53(8)30(51)10-9-24-25-19-49(2,3)15-17-54(25,18-16-52(24,53)7)48(68)76-46-41(67)38(64)34(60)27(21-56)71-46/h9,23,25-47,55-67H,10-22H2,1-8H3/t23-,25-,26+,27+,28+,29-,30+,31-,32-,33+,34+,35+,36+,37-,38-,39+,40+,41+,42-,43+,44-,45-,46-,47-,51-,52+,53+,54-/m0/s1. The van der Waals surface area contributed by atoms with E-state index >= 15 is 0 Å². The summed E-state index contributed by atoms with van der Waals surface area (Å²) >= 11 is 0. The van der Waals surface area contributed by atoms with Crippen molar-refractivity contribution in [3.63, 3.8) is 0 Å². The minimum Gasteiger partial charge on any atom is -0.432 e. The second kappa shape index (κ2) is 21.3. The topological polar surface area (TPSA) is 354 Å². The average Bonchev–Trinajstić information content (AvgIpc) is 3.56. The van der Waals surface area contributed by atoms with E-state index in [1.54, 1.807) is 0 Å². The Balaban J connectivity index is 0.992. The Kier molecular flexibility index (Phi) is 16.6. The molecule has 0 bridgehead atoms. The molecule has 13 N–H and O–H groups in total. The SMILES string of the molecule is C[C@@H]1O[C@@H](O[C@H]2[C@H](O[C@H]3CC[C@]4(C)[C@H]5CC=C6[C@@H]7CC(C)(C)CC[C@]7(C(=O)O[C@@H]7O[C@H](CO)[C@@H](O)[C@H](O)[C@H]7O)CC[C@@]6(C)[C@]5(C)CC[C@H]4C3(C)C)O[C@H](CO)[C@@H](O)[C@@H]2O[C@@H]2O[C@H](CO)[C@@H](O)[C@H](O)[C@H]2O)[C@H](O)[C@H](O)[C@H]1O. The number of rotatable bonds is 11. The van der Waals surface area contributed by atoms with Crippen molar-refractivity contribution < 1.29 is 109 Å². The fourth-order valence-electron chi connectivity index (χ4n) is 16.4. The van der Waals surface area contributed by atoms with Gasteiger partial charge < -0.3 is 104 Å². The summed E-state index contributed by atoms with van der Waals surface area (Å²) < 4.78 is 49.1. The van der Waals surface area contributed by atoms with E-state index < -0.39 is 166 Å². The largest absolute Gasteiger partial charge is 0.432 e. The normalized spacial score (nSPS) is 54.0. The van der Waals surface area contributed by atoms with Crippen LogP contribution in [0.5, 0.6) is 0 Å². The van der Waals surface area contributed by atoms with Crippen molar-refractivity contribution in [3.8, 4) is 0 Å². The van der Waals surface area contributed by atoms with Gasteiger partial charge >= 0.3 is 5.97 Å². The molecule has 22 heteroatoms. The zero-order chi connectivity index (χ0) is 55.6. The monoisotopic (exact) mass is 1090 g/mol. The highest BCUT2D eigenvalue weighted by atomic mass is 16.8. The van der Waals surface area contributed by atoms with Gasteiger partial charge in [-0.05, 0) is 116 Å². The van der Waals surface area contributed by atoms with Gasteiger partial charge in [-0.25, -0.2) is 0 Å². The molecule has 0 radical (unpaired) electrons. The molecule has 0 unspecified atom stereocenters. The van der Waals surface area contributed by atoms with Crippen molar-refractivity contribution in [2.75, 3.05) is 19.8 Å². The Morgan fingerprint density at radius 3 is 1.70 bits per heavy atom. The lowest BCUT2D eigenvalue weighted by atomic mass is 9.33. The molecule has 8 fully saturated rings. The third-order valence-electron chi connectivity index (χ3n) is 21.4. The molecular formula is C54H88O22. The van der Waals surface area contributed by atoms with Crippen LogP contribution in [-0.2, 0) is 42.7 Å². The lowest BCUT2D eigenvalue weighted by molar-refractivity contribution is -0.398. The van der Waals surface area contributed by atoms with Gasteiger partial charge in [0.15, 0.2) is 18.9 Å². The molecule has 0 aromatic heterocycles. The number of aliphatic hydroxyl groups is 13. The molecule has 4 aliphatic heterocycles. The van der Waals surface area contributed by atoms with Gasteiger partial charge in [0, 0.05) is 0 Å². The van der Waals surface area contributed by atoms with Crippen LogP contribution in [0.1, 0.15) is 120 Å². The van der Waals surface area contributed by atoms with Crippen molar-refractivity contribution in [1.29, 1.82) is 0 Å². The number of aliphatic hydroxyl groups excluding tert-OH is 13. The van der Waals surface area contributed by atoms with Crippen LogP contribution in [0.4, 0.5) is 0 Å². The van der Waals surface area contributed by atoms with E-state index in [1.807, 2.05) is 0 Å². The lowest BCUT2D eigenvalue weighted by Crippen LogP contribution is -2.68. The molecule has 9 rings (SSSR count). The first-order valence-corrected chi connectivity index (χ1v) is 27.7. The van der Waals surface area contributed by atoms with Crippen molar-refractivity contribution in [2.24, 2.45) is 50.2 Å². The van der Waals surface area contributed by atoms with E-state index in [2.05, 4.69) is 54.5 Å². The maximum absolute atomic E-state index is 14.8. The van der Waals surface area contributed by atoms with Gasteiger partial charge in [0.2, 0.25) is 6.29 Å². The van der Waals surface area contributed by atoms with Gasteiger partial charge in [-0.3, -0.25) is 4.79 Å². The predicted octanol–water partition coefficient (Wildman–Crippen LogP) is -1.01. The first kappa shape index (κ1) is 59.0. The van der Waals surface area contributed by atoms with Gasteiger partial charge in [-0.15, -0.1) is 0 Å². The minimum atomic E-state index is -1.90. The molecule has 22 nitrogen and oxygen atoms in total. The molecule has 5 aliphatic carbocycles. The van der Waals surface area contributed by atoms with Gasteiger partial charge in [-0.1, -0.05) is 60.1 Å². The molecule has 0 aromatic rings. The van der Waals surface area contributed by atoms with E-state index in [1.165, 1.54) is 12.5 Å². The number of ether oxygens (including phenoxy) is 8. The Hall–Kier alpha value is -1.59. The molecule has 9 aliphatic rings. The highest BCUT2D eigenvalue weighted by Crippen LogP contribution is 2.76. The zero-order valence-electron chi connectivity index (χ0n) is 45.1. The maximum atomic E-state index is 14.8. The smallest absolute Gasteiger partial charge is 0.315 e. The van der Waals surface area contributed by atoms with Crippen molar-refractivity contribution in [1.82, 2.24) is 0 Å². The van der Waals surface area contributed by atoms with E-state index in [-0.39, 0.29) is 39.4 Å². The fraction of sp³-hybridized carbons (Fsp3) is 0.944. The Bertz CT molecular complexity index is 2090. The van der Waals surface area contributed by atoms with Crippen LogP contribution in [0, 0.1) is 50.2 Å². The highest BCUT2D eigenvalue weighted by molar-refractivity contribution is 5.79. The lowest BCUT2D eigenvalue weighted by Gasteiger charge is -2.71. The summed E-state index contributed by atoms with van der Waals surface area (Å²) in [7, 11) is 0. The molecule has 0 aromatic carbocycles. The zero-order valence-corrected chi connectivity index (χ0v) is 45.1. The van der Waals surface area contributed by atoms with Crippen molar-refractivity contribution in [3.05, 3.63) is 11.6 Å². The molecule has 28 atom stereocenters. The Morgan fingerprint density at radius 1 is 0.553 bits per heavy atom. The van der Waals surface area contributed by atoms with Crippen LogP contribution in [0.3, 0.4) is 0 Å². The van der Waals surface area contributed by atoms with Gasteiger partial charge in [0.1, 0.15) is 91.6 Å². The summed E-state index contributed by atoms with van der Waals surface area (Å²) in [4.78, 5) is 14.8. The first-order chi connectivity index (χ1) is 35.5. The van der Waals surface area contributed by atoms with Crippen LogP contribution >= 0.6 is 0 Å². The molecule has 4 saturated carbocycles. The Labute approximate surface area is 444 Å². The molecular weight excluding hydrogens is 1000 g/mol. The fourth-order valence-corrected chi connectivity index (χ4v) is 16.4. The highest BCUT2D eigenvalue weighted by Gasteiger charge is 2.70. The summed E-state index contributed by atoms with van der Waals surface area (Å²) in [6.07, 6.45) is -23.2. The average molecular weight is 1090 g/mol. The molecule has 0 amide bonds. The second-order valence-electron chi connectivity index (χ2n) is 26.3. The van der Waals surface area contributed by atoms with Crippen LogP contribution in [0.25, 0.3) is 0 Å². The summed E-state index contributed by atoms with van der Waals surface area (Å²) in [6, 6.07) is 0. The van der Waals surface area contributed by atoms with Crippen LogP contribution in [-0.4, -0.2) is 221 Å². The van der Waals surface area contributed by atoms with Crippen molar-refractivity contribution >= 4 is 5.97 Å². The number of carbonyl (C=O) groups is 1. The quantitative estimate of drug-likeness (QED) is 0.0670. The first-order valence-electron chi connectivity index (χ1n) is 27.7. The van der Waals surface area contributed by atoms with E-state index in [0.29, 0.717) is 25.7 Å². The van der Waals surface area contributed by atoms with Gasteiger partial charge in [0.25, 0.3) is 0 Å². The summed E-state index contributed by atoms with van der Waals surface area (Å²) in [6.45, 7) is 15.2.